The van der Waals surface area contributed by atoms with E-state index in [4.69, 9.17) is 17.6 Å². The van der Waals surface area contributed by atoms with Crippen molar-refractivity contribution in [3.8, 4) is 50.6 Å². The van der Waals surface area contributed by atoms with E-state index in [-0.39, 0.29) is 31.2 Å². The number of furan rings is 1. The van der Waals surface area contributed by atoms with Crippen molar-refractivity contribution < 1.29 is 32.7 Å². The molecule has 3 heterocycles. The van der Waals surface area contributed by atoms with Gasteiger partial charge in [-0.25, -0.2) is 0 Å². The monoisotopic (exact) mass is 960 g/mol. The van der Waals surface area contributed by atoms with E-state index in [1.165, 1.54) is 41.1 Å². The van der Waals surface area contributed by atoms with Crippen LogP contribution in [-0.4, -0.2) is 14.5 Å². The van der Waals surface area contributed by atoms with Crippen molar-refractivity contribution >= 4 is 22.0 Å². The molecular formula is C55H43IrN3O-2. The number of rotatable bonds is 8. The van der Waals surface area contributed by atoms with Crippen molar-refractivity contribution in [3.05, 3.63) is 222 Å². The number of benzene rings is 7. The smallest absolute Gasteiger partial charge is 0.0774 e. The van der Waals surface area contributed by atoms with E-state index in [1.807, 2.05) is 6.07 Å². The van der Waals surface area contributed by atoms with E-state index in [1.54, 1.807) is 12.1 Å². The fraction of sp³-hybridized carbons (Fsp3) is 0.0909. The molecule has 0 aliphatic rings. The third-order valence-corrected chi connectivity index (χ3v) is 10.4. The number of aromatic nitrogens is 3. The third kappa shape index (κ3) is 8.56. The quantitative estimate of drug-likeness (QED) is 0.143. The van der Waals surface area contributed by atoms with Gasteiger partial charge in [0.2, 0.25) is 0 Å². The van der Waals surface area contributed by atoms with E-state index in [0.29, 0.717) is 11.3 Å². The normalized spacial score (nSPS) is 12.8. The fourth-order valence-electron chi connectivity index (χ4n) is 7.53. The molecule has 0 bridgehead atoms. The van der Waals surface area contributed by atoms with Gasteiger partial charge in [0, 0.05) is 57.5 Å². The summed E-state index contributed by atoms with van der Waals surface area (Å²) in [6.07, 6.45) is 6.49. The minimum absolute atomic E-state index is 0. The van der Waals surface area contributed by atoms with Crippen LogP contribution in [0.5, 0.6) is 0 Å². The maximum absolute atomic E-state index is 7.28. The molecular weight excluding hydrogens is 911 g/mol. The minimum Gasteiger partial charge on any atom is -0.557 e. The standard InChI is InChI=1S/C42H31N2O.C13H12N.Ir/c1-29-25-34(32-15-7-3-8-16-32)41(35(26-29)33-17-9-4-10-18-33)44-39-20-12-11-19-38(39)43-42(44)37-28-45-40-24-23-31(27-36(37)40)22-21-30-13-5-2-6-14-30;1-10-3-6-12(7-4-10)13-8-5-11(2)9-14-13;/h2-20,23-27H,21-22H2,1H3;3-6,8-9H,1-2H3;/q2*-1;/i;1D3,2D3;. The summed E-state index contributed by atoms with van der Waals surface area (Å²) in [4.78, 5) is 9.34. The van der Waals surface area contributed by atoms with Gasteiger partial charge in [0.25, 0.3) is 0 Å². The summed E-state index contributed by atoms with van der Waals surface area (Å²) in [6.45, 7) is -2.17. The summed E-state index contributed by atoms with van der Waals surface area (Å²) in [6, 6.07) is 61.8. The predicted octanol–water partition coefficient (Wildman–Crippen LogP) is 13.8. The van der Waals surface area contributed by atoms with Crippen LogP contribution in [0.3, 0.4) is 0 Å². The number of imidazole rings is 1. The minimum atomic E-state index is -2.18. The van der Waals surface area contributed by atoms with Gasteiger partial charge in [-0.3, -0.25) is 4.98 Å². The Kier molecular flexibility index (Phi) is 10.0. The number of para-hydroxylation sites is 2. The maximum Gasteiger partial charge on any atom is 0.0774 e. The summed E-state index contributed by atoms with van der Waals surface area (Å²) < 4.78 is 52.0. The Bertz CT molecular complexity index is 3100. The van der Waals surface area contributed by atoms with E-state index < -0.39 is 13.7 Å². The molecule has 10 aromatic rings. The van der Waals surface area contributed by atoms with Crippen LogP contribution in [0.4, 0.5) is 0 Å². The van der Waals surface area contributed by atoms with Crippen LogP contribution < -0.4 is 0 Å². The Hall–Kier alpha value is -6.65. The van der Waals surface area contributed by atoms with Crippen molar-refractivity contribution in [1.82, 2.24) is 14.5 Å². The number of hydrogen-bond donors (Lipinski definition) is 0. The topological polar surface area (TPSA) is 43.9 Å². The molecule has 0 saturated carbocycles. The van der Waals surface area contributed by atoms with Crippen LogP contribution >= 0.6 is 0 Å². The second-order valence-corrected chi connectivity index (χ2v) is 14.5. The number of pyridine rings is 1. The summed E-state index contributed by atoms with van der Waals surface area (Å²) in [5.41, 5.74) is 14.7. The molecule has 10 rings (SSSR count). The summed E-state index contributed by atoms with van der Waals surface area (Å²) >= 11 is 0. The molecule has 0 atom stereocenters. The van der Waals surface area contributed by atoms with Crippen LogP contribution in [0.15, 0.2) is 187 Å². The molecule has 0 unspecified atom stereocenters. The van der Waals surface area contributed by atoms with Crippen molar-refractivity contribution in [1.29, 1.82) is 0 Å². The maximum atomic E-state index is 7.28. The second kappa shape index (κ2) is 18.1. The van der Waals surface area contributed by atoms with E-state index >= 15 is 0 Å². The largest absolute Gasteiger partial charge is 0.557 e. The van der Waals surface area contributed by atoms with Gasteiger partial charge in [-0.2, -0.15) is 0 Å². The van der Waals surface area contributed by atoms with Crippen molar-refractivity contribution in [3.63, 3.8) is 0 Å². The Morgan fingerprint density at radius 3 is 1.93 bits per heavy atom. The van der Waals surface area contributed by atoms with Gasteiger partial charge in [-0.15, -0.1) is 35.4 Å². The summed E-state index contributed by atoms with van der Waals surface area (Å²) in [5, 5.41) is 1.02. The molecule has 295 valence electrons. The van der Waals surface area contributed by atoms with Gasteiger partial charge in [0.1, 0.15) is 0 Å². The van der Waals surface area contributed by atoms with Crippen LogP contribution in [0, 0.1) is 33.0 Å². The van der Waals surface area contributed by atoms with E-state index in [0.717, 1.165) is 74.2 Å². The molecule has 0 aliphatic carbocycles. The first-order chi connectivity index (χ1) is 31.4. The zero-order valence-electron chi connectivity index (χ0n) is 38.8. The molecule has 0 N–H and O–H groups in total. The summed E-state index contributed by atoms with van der Waals surface area (Å²) in [7, 11) is 0. The molecule has 60 heavy (non-hydrogen) atoms. The van der Waals surface area contributed by atoms with Crippen molar-refractivity contribution in [2.75, 3.05) is 0 Å². The number of nitrogens with zero attached hydrogens (tertiary/aromatic N) is 3. The predicted molar refractivity (Wildman–Crippen MR) is 243 cm³/mol. The molecule has 7 aromatic carbocycles. The molecule has 4 nitrogen and oxygen atoms in total. The second-order valence-electron chi connectivity index (χ2n) is 14.5. The third-order valence-electron chi connectivity index (χ3n) is 10.4. The molecule has 0 spiro atoms. The Morgan fingerprint density at radius 2 is 1.28 bits per heavy atom. The van der Waals surface area contributed by atoms with Crippen molar-refractivity contribution in [2.45, 2.75) is 33.5 Å². The van der Waals surface area contributed by atoms with Crippen LogP contribution in [0.1, 0.15) is 36.0 Å². The average Bonchev–Trinajstić information content (AvgIpc) is 3.92. The van der Waals surface area contributed by atoms with Gasteiger partial charge in [0.05, 0.1) is 22.5 Å². The number of aryl methyl sites for hydroxylation is 5. The van der Waals surface area contributed by atoms with Crippen LogP contribution in [0.25, 0.3) is 72.6 Å². The number of fused-ring (bicyclic) bond motifs is 2. The molecule has 0 aliphatic heterocycles. The van der Waals surface area contributed by atoms with Crippen LogP contribution in [-0.2, 0) is 32.9 Å². The van der Waals surface area contributed by atoms with E-state index in [9.17, 15) is 0 Å². The molecule has 0 saturated heterocycles. The molecule has 1 radical (unpaired) electrons. The SMILES string of the molecule is Cc1cc(-c2ccccc2)c(-n2c(-c3[c-]oc4ccc(CCc5ccccc5)cc34)nc3ccccc32)c(-c2ccccc2)c1.[2H]C([2H])([2H])c1c[c-]c(-c2ccc(C([2H])([2H])[2H])cn2)cc1.[Ir]. The Labute approximate surface area is 374 Å². The molecule has 5 heteroatoms. The Balaban J connectivity index is 0.000000238. The molecule has 0 amide bonds. The first-order valence-electron chi connectivity index (χ1n) is 22.6. The van der Waals surface area contributed by atoms with Gasteiger partial charge in [-0.05, 0) is 84.4 Å². The van der Waals surface area contributed by atoms with Crippen molar-refractivity contribution in [2.24, 2.45) is 0 Å². The molecule has 0 fully saturated rings. The first-order valence-corrected chi connectivity index (χ1v) is 19.6. The van der Waals surface area contributed by atoms with Gasteiger partial charge in [-0.1, -0.05) is 157 Å². The zero-order chi connectivity index (χ0) is 45.1. The molecule has 3 aromatic heterocycles. The fourth-order valence-corrected chi connectivity index (χ4v) is 7.53. The van der Waals surface area contributed by atoms with Gasteiger partial charge < -0.3 is 14.0 Å². The number of hydrogen-bond acceptors (Lipinski definition) is 3. The summed E-state index contributed by atoms with van der Waals surface area (Å²) in [5.74, 6) is 0.813. The zero-order valence-corrected chi connectivity index (χ0v) is 35.2. The first kappa shape index (κ1) is 33.2. The average molecular weight is 960 g/mol. The van der Waals surface area contributed by atoms with Gasteiger partial charge in [0.15, 0.2) is 0 Å². The van der Waals surface area contributed by atoms with E-state index in [2.05, 4.69) is 168 Å². The van der Waals surface area contributed by atoms with Gasteiger partial charge >= 0.3 is 0 Å². The Morgan fingerprint density at radius 1 is 0.633 bits per heavy atom. The van der Waals surface area contributed by atoms with Crippen LogP contribution in [0.2, 0.25) is 0 Å².